The minimum absolute atomic E-state index is 0.0208. The fourth-order valence-electron chi connectivity index (χ4n) is 11.4. The summed E-state index contributed by atoms with van der Waals surface area (Å²) in [4.78, 5) is 25.1. The molecule has 15 nitrogen and oxygen atoms in total. The molecule has 0 bridgehead atoms. The van der Waals surface area contributed by atoms with E-state index in [1.54, 1.807) is 6.92 Å². The Kier molecular flexibility index (Phi) is 9.60. The van der Waals surface area contributed by atoms with Crippen LogP contribution in [0.15, 0.2) is 11.6 Å². The normalized spacial score (nSPS) is 55.0. The first-order chi connectivity index (χ1) is 23.6. The highest BCUT2D eigenvalue weighted by molar-refractivity contribution is 5.85. The SMILES string of the molecule is CC1OC(OC2CCC3(C=O)C4CCC5(C)C(C6=CC(=O)OC6)C(O)CC5(O)C4CCC3(O)C2)CC(O)C1OC1OC(CO)C(O)C(O)C1O. The first kappa shape index (κ1) is 36.7. The standard InChI is InChI=1S/C35H52O15/c1-16-30(50-31-29(43)28(42)27(41)23(13-36)49-31)21(38)10-25(47-16)48-18-3-7-33(15-37)19-4-6-32(2)26(17-9-24(40)46-14-17)22(39)12-35(32,45)20(19)5-8-34(33,44)11-18/h9,15-16,18-23,25-31,36,38-39,41-45H,3-8,10-14H2,1-2H3. The molecule has 0 aromatic heterocycles. The average Bonchev–Trinajstić information content (AvgIpc) is 3.57. The van der Waals surface area contributed by atoms with E-state index in [2.05, 4.69) is 0 Å². The Hall–Kier alpha value is -1.60. The summed E-state index contributed by atoms with van der Waals surface area (Å²) in [5.74, 6) is -1.58. The highest BCUT2D eigenvalue weighted by atomic mass is 16.7. The highest BCUT2D eigenvalue weighted by Crippen LogP contribution is 2.70. The van der Waals surface area contributed by atoms with Gasteiger partial charge in [-0.1, -0.05) is 6.92 Å². The van der Waals surface area contributed by atoms with Crippen LogP contribution in [0.25, 0.3) is 0 Å². The Morgan fingerprint density at radius 3 is 2.32 bits per heavy atom. The molecule has 2 saturated heterocycles. The van der Waals surface area contributed by atoms with Crippen LogP contribution in [0.1, 0.15) is 71.6 Å². The molecule has 3 aliphatic heterocycles. The van der Waals surface area contributed by atoms with E-state index in [1.165, 1.54) is 6.08 Å². The van der Waals surface area contributed by atoms with Crippen LogP contribution in [0.4, 0.5) is 0 Å². The smallest absolute Gasteiger partial charge is 0.331 e. The number of rotatable bonds is 7. The van der Waals surface area contributed by atoms with Crippen molar-refractivity contribution in [3.8, 4) is 0 Å². The van der Waals surface area contributed by atoms with Crippen molar-refractivity contribution in [2.75, 3.05) is 13.2 Å². The van der Waals surface area contributed by atoms with Gasteiger partial charge in [-0.3, -0.25) is 0 Å². The van der Waals surface area contributed by atoms with Crippen LogP contribution in [0.2, 0.25) is 0 Å². The third-order valence-electron chi connectivity index (χ3n) is 13.9. The molecule has 0 amide bonds. The van der Waals surface area contributed by atoms with Gasteiger partial charge >= 0.3 is 5.97 Å². The highest BCUT2D eigenvalue weighted by Gasteiger charge is 2.73. The van der Waals surface area contributed by atoms with E-state index < -0.39 is 108 Å². The van der Waals surface area contributed by atoms with Gasteiger partial charge < -0.3 is 69.3 Å². The molecule has 18 atom stereocenters. The summed E-state index contributed by atoms with van der Waals surface area (Å²) >= 11 is 0. The van der Waals surface area contributed by atoms with Crippen LogP contribution in [0.5, 0.6) is 0 Å². The second-order valence-electron chi connectivity index (χ2n) is 16.3. The summed E-state index contributed by atoms with van der Waals surface area (Å²) in [5.41, 5.74) is -3.92. The van der Waals surface area contributed by atoms with Crippen LogP contribution in [0, 0.1) is 28.6 Å². The molecule has 7 rings (SSSR count). The zero-order chi connectivity index (χ0) is 36.0. The van der Waals surface area contributed by atoms with E-state index in [-0.39, 0.29) is 44.1 Å². The van der Waals surface area contributed by atoms with E-state index in [9.17, 15) is 50.4 Å². The number of hydrogen-bond donors (Lipinski definition) is 8. The van der Waals surface area contributed by atoms with E-state index in [4.69, 9.17) is 23.7 Å². The minimum Gasteiger partial charge on any atom is -0.458 e. The number of ether oxygens (including phenoxy) is 5. The van der Waals surface area contributed by atoms with E-state index in [1.807, 2.05) is 6.92 Å². The molecule has 15 heteroatoms. The van der Waals surface area contributed by atoms with Crippen molar-refractivity contribution in [3.05, 3.63) is 11.6 Å². The van der Waals surface area contributed by atoms with Crippen molar-refractivity contribution in [2.24, 2.45) is 28.6 Å². The molecule has 0 spiro atoms. The molecule has 0 aromatic rings. The predicted molar refractivity (Wildman–Crippen MR) is 167 cm³/mol. The first-order valence-electron chi connectivity index (χ1n) is 18.0. The van der Waals surface area contributed by atoms with Crippen molar-refractivity contribution < 1.29 is 74.1 Å². The molecular weight excluding hydrogens is 660 g/mol. The summed E-state index contributed by atoms with van der Waals surface area (Å²) < 4.78 is 28.7. The maximum absolute atomic E-state index is 13.2. The molecule has 0 aromatic carbocycles. The maximum atomic E-state index is 13.2. The van der Waals surface area contributed by atoms with Gasteiger partial charge in [-0.25, -0.2) is 4.79 Å². The molecule has 50 heavy (non-hydrogen) atoms. The van der Waals surface area contributed by atoms with Crippen LogP contribution in [-0.2, 0) is 33.3 Å². The Labute approximate surface area is 290 Å². The minimum atomic E-state index is -1.64. The molecule has 4 aliphatic carbocycles. The number of carbonyl (C=O) groups excluding carboxylic acids is 2. The zero-order valence-corrected chi connectivity index (χ0v) is 28.5. The molecule has 282 valence electrons. The topological polar surface area (TPSA) is 242 Å². The lowest BCUT2D eigenvalue weighted by Crippen LogP contribution is -2.69. The lowest BCUT2D eigenvalue weighted by Gasteiger charge is -2.65. The van der Waals surface area contributed by atoms with Gasteiger partial charge in [0.25, 0.3) is 0 Å². The number of fused-ring (bicyclic) bond motifs is 5. The monoisotopic (exact) mass is 712 g/mol. The average molecular weight is 713 g/mol. The van der Waals surface area contributed by atoms with Gasteiger partial charge in [-0.15, -0.1) is 0 Å². The number of aliphatic hydroxyl groups is 8. The van der Waals surface area contributed by atoms with Gasteiger partial charge in [-0.2, -0.15) is 0 Å². The number of cyclic esters (lactones) is 1. The van der Waals surface area contributed by atoms with Gasteiger partial charge in [0, 0.05) is 36.7 Å². The van der Waals surface area contributed by atoms with Crippen molar-refractivity contribution in [3.63, 3.8) is 0 Å². The zero-order valence-electron chi connectivity index (χ0n) is 28.5. The number of hydrogen-bond acceptors (Lipinski definition) is 15. The van der Waals surface area contributed by atoms with Crippen molar-refractivity contribution in [1.29, 1.82) is 0 Å². The largest absolute Gasteiger partial charge is 0.458 e. The third-order valence-corrected chi connectivity index (χ3v) is 13.9. The van der Waals surface area contributed by atoms with Gasteiger partial charge in [-0.05, 0) is 62.9 Å². The molecule has 8 N–H and O–H groups in total. The predicted octanol–water partition coefficient (Wildman–Crippen LogP) is -1.43. The Bertz CT molecular complexity index is 1330. The molecule has 4 saturated carbocycles. The fraction of sp³-hybridized carbons (Fsp3) is 0.886. The van der Waals surface area contributed by atoms with E-state index in [0.717, 1.165) is 6.29 Å². The summed E-state index contributed by atoms with van der Waals surface area (Å²) in [6.45, 7) is 3.07. The van der Waals surface area contributed by atoms with Crippen LogP contribution in [0.3, 0.4) is 0 Å². The Balaban J connectivity index is 1.01. The van der Waals surface area contributed by atoms with Crippen molar-refractivity contribution in [2.45, 2.75) is 150 Å². The van der Waals surface area contributed by atoms with Gasteiger partial charge in [0.1, 0.15) is 43.4 Å². The van der Waals surface area contributed by atoms with Gasteiger partial charge in [0.2, 0.25) is 0 Å². The number of aliphatic hydroxyl groups excluding tert-OH is 6. The number of aldehydes is 1. The van der Waals surface area contributed by atoms with Crippen LogP contribution in [-0.4, -0.2) is 145 Å². The maximum Gasteiger partial charge on any atom is 0.331 e. The van der Waals surface area contributed by atoms with Crippen LogP contribution < -0.4 is 0 Å². The number of esters is 1. The molecular formula is C35H52O15. The summed E-state index contributed by atoms with van der Waals surface area (Å²) in [6.07, 6.45) is -7.56. The lowest BCUT2D eigenvalue weighted by molar-refractivity contribution is -0.345. The molecule has 0 radical (unpaired) electrons. The number of carbonyl (C=O) groups is 2. The van der Waals surface area contributed by atoms with Crippen molar-refractivity contribution in [1.82, 2.24) is 0 Å². The van der Waals surface area contributed by atoms with E-state index >= 15 is 0 Å². The third kappa shape index (κ3) is 5.46. The van der Waals surface area contributed by atoms with E-state index in [0.29, 0.717) is 37.7 Å². The summed E-state index contributed by atoms with van der Waals surface area (Å²) in [6, 6.07) is 0. The molecule has 7 aliphatic rings. The first-order valence-corrected chi connectivity index (χ1v) is 18.0. The quantitative estimate of drug-likeness (QED) is 0.0858. The Morgan fingerprint density at radius 1 is 0.920 bits per heavy atom. The fourth-order valence-corrected chi connectivity index (χ4v) is 11.4. The second-order valence-corrected chi connectivity index (χ2v) is 16.3. The Morgan fingerprint density at radius 2 is 1.66 bits per heavy atom. The lowest BCUT2D eigenvalue weighted by atomic mass is 9.41. The second kappa shape index (κ2) is 13.1. The van der Waals surface area contributed by atoms with Gasteiger partial charge in [0.15, 0.2) is 12.6 Å². The summed E-state index contributed by atoms with van der Waals surface area (Å²) in [5, 5.41) is 87.2. The van der Waals surface area contributed by atoms with Crippen molar-refractivity contribution >= 4 is 12.3 Å². The molecule has 18 unspecified atom stereocenters. The molecule has 3 heterocycles. The van der Waals surface area contributed by atoms with Crippen LogP contribution >= 0.6 is 0 Å². The molecule has 6 fully saturated rings. The van der Waals surface area contributed by atoms with Gasteiger partial charge in [0.05, 0.1) is 47.6 Å². The summed E-state index contributed by atoms with van der Waals surface area (Å²) in [7, 11) is 0.